The molecule has 1 aliphatic rings. The van der Waals surface area contributed by atoms with E-state index in [1.807, 2.05) is 17.4 Å². The van der Waals surface area contributed by atoms with Crippen molar-refractivity contribution < 1.29 is 4.42 Å². The number of nitrogens with zero attached hydrogens (tertiary/aromatic N) is 2. The Kier molecular flexibility index (Phi) is 8.51. The highest BCUT2D eigenvalue weighted by atomic mass is 32.1. The Morgan fingerprint density at radius 2 is 1.11 bits per heavy atom. The van der Waals surface area contributed by atoms with Gasteiger partial charge in [0.05, 0.1) is 5.56 Å². The molecule has 5 nitrogen and oxygen atoms in total. The predicted octanol–water partition coefficient (Wildman–Crippen LogP) is 14.6. The number of para-hydroxylation sites is 1. The van der Waals surface area contributed by atoms with Crippen LogP contribution >= 0.6 is 11.3 Å². The first-order valence-electron chi connectivity index (χ1n) is 20.7. The number of anilines is 3. The van der Waals surface area contributed by atoms with Gasteiger partial charge in [-0.3, -0.25) is 5.32 Å². The van der Waals surface area contributed by atoms with Gasteiger partial charge in [-0.2, -0.15) is 0 Å². The lowest BCUT2D eigenvalue weighted by Gasteiger charge is -2.32. The van der Waals surface area contributed by atoms with E-state index in [0.29, 0.717) is 0 Å². The third-order valence-corrected chi connectivity index (χ3v) is 13.1. The molecular weight excluding hydrogens is 765 g/mol. The highest BCUT2D eigenvalue weighted by molar-refractivity contribution is 7.25. The average molecular weight is 803 g/mol. The maximum atomic E-state index is 6.98. The molecule has 0 spiro atoms. The molecule has 0 amide bonds. The minimum absolute atomic E-state index is 0.183. The first-order valence-corrected chi connectivity index (χ1v) is 21.5. The molecule has 9 aromatic carbocycles. The Morgan fingerprint density at radius 1 is 0.459 bits per heavy atom. The molecule has 290 valence electrons. The van der Waals surface area contributed by atoms with Crippen LogP contribution in [0.4, 0.5) is 17.1 Å². The van der Waals surface area contributed by atoms with E-state index in [2.05, 4.69) is 216 Å². The van der Waals surface area contributed by atoms with Crippen molar-refractivity contribution in [1.82, 2.24) is 10.6 Å². The molecule has 2 aromatic heterocycles. The van der Waals surface area contributed by atoms with Gasteiger partial charge in [-0.1, -0.05) is 140 Å². The zero-order valence-electron chi connectivity index (χ0n) is 33.0. The summed E-state index contributed by atoms with van der Waals surface area (Å²) in [7, 11) is 0. The van der Waals surface area contributed by atoms with Crippen molar-refractivity contribution in [3.05, 3.63) is 223 Å². The van der Waals surface area contributed by atoms with E-state index in [9.17, 15) is 0 Å². The van der Waals surface area contributed by atoms with Gasteiger partial charge < -0.3 is 14.6 Å². The second-order valence-corrected chi connectivity index (χ2v) is 16.7. The Bertz CT molecular complexity index is 3430. The van der Waals surface area contributed by atoms with Gasteiger partial charge in [0.25, 0.3) is 0 Å². The van der Waals surface area contributed by atoms with Crippen LogP contribution in [0.2, 0.25) is 0 Å². The third kappa shape index (κ3) is 6.24. The van der Waals surface area contributed by atoms with Crippen molar-refractivity contribution in [2.45, 2.75) is 12.3 Å². The fourth-order valence-electron chi connectivity index (χ4n) is 8.95. The van der Waals surface area contributed by atoms with Crippen molar-refractivity contribution >= 4 is 87.1 Å². The zero-order chi connectivity index (χ0) is 40.3. The topological polar surface area (TPSA) is 52.8 Å². The highest BCUT2D eigenvalue weighted by Crippen LogP contribution is 2.43. The molecule has 0 bridgehead atoms. The number of aliphatic imine (C=N–C) groups is 1. The van der Waals surface area contributed by atoms with E-state index in [1.165, 1.54) is 20.2 Å². The molecule has 6 heteroatoms. The number of amidine groups is 1. The Balaban J connectivity index is 1.02. The van der Waals surface area contributed by atoms with Crippen molar-refractivity contribution in [2.75, 3.05) is 4.90 Å². The molecule has 11 aromatic rings. The molecule has 0 saturated carbocycles. The average Bonchev–Trinajstić information content (AvgIpc) is 3.91. The normalized spacial score (nSPS) is 15.4. The summed E-state index contributed by atoms with van der Waals surface area (Å²) in [5, 5.41) is 14.5. The fraction of sp³-hybridized carbons (Fsp3) is 0.0364. The third-order valence-electron chi connectivity index (χ3n) is 11.9. The van der Waals surface area contributed by atoms with Crippen molar-refractivity contribution in [3.63, 3.8) is 0 Å². The number of furan rings is 1. The number of benzene rings is 9. The summed E-state index contributed by atoms with van der Waals surface area (Å²) >= 11 is 1.84. The van der Waals surface area contributed by atoms with Crippen LogP contribution in [0.15, 0.2) is 216 Å². The fourth-order valence-corrected chi connectivity index (χ4v) is 10.0. The summed E-state index contributed by atoms with van der Waals surface area (Å²) in [6, 6.07) is 73.4. The Hall–Kier alpha value is -7.51. The molecule has 3 heterocycles. The lowest BCUT2D eigenvalue weighted by atomic mass is 9.97. The van der Waals surface area contributed by atoms with E-state index in [-0.39, 0.29) is 12.3 Å². The van der Waals surface area contributed by atoms with Crippen LogP contribution in [0.5, 0.6) is 0 Å². The van der Waals surface area contributed by atoms with Crippen molar-refractivity contribution in [3.8, 4) is 11.1 Å². The summed E-state index contributed by atoms with van der Waals surface area (Å²) in [6.07, 6.45) is -0.460. The maximum absolute atomic E-state index is 6.98. The molecule has 12 rings (SSSR count). The van der Waals surface area contributed by atoms with E-state index in [0.717, 1.165) is 83.4 Å². The second-order valence-electron chi connectivity index (χ2n) is 15.6. The number of thiophene rings is 1. The van der Waals surface area contributed by atoms with Crippen molar-refractivity contribution in [2.24, 2.45) is 4.99 Å². The van der Waals surface area contributed by atoms with Gasteiger partial charge in [0.15, 0.2) is 0 Å². The molecule has 0 saturated heterocycles. The van der Waals surface area contributed by atoms with E-state index in [4.69, 9.17) is 9.41 Å². The van der Waals surface area contributed by atoms with Gasteiger partial charge in [-0.05, 0) is 94.4 Å². The summed E-state index contributed by atoms with van der Waals surface area (Å²) in [5.74, 6) is 0.778. The summed E-state index contributed by atoms with van der Waals surface area (Å²) in [6.45, 7) is 0. The molecular formula is C55H38N4OS. The second kappa shape index (κ2) is 14.6. The van der Waals surface area contributed by atoms with E-state index in [1.54, 1.807) is 0 Å². The molecule has 2 atom stereocenters. The minimum Gasteiger partial charge on any atom is -0.455 e. The minimum atomic E-state index is -0.277. The van der Waals surface area contributed by atoms with E-state index < -0.39 is 0 Å². The van der Waals surface area contributed by atoms with Gasteiger partial charge in [-0.25, -0.2) is 4.99 Å². The van der Waals surface area contributed by atoms with Crippen LogP contribution in [0.25, 0.3) is 64.0 Å². The lowest BCUT2D eigenvalue weighted by Crippen LogP contribution is -2.45. The monoisotopic (exact) mass is 802 g/mol. The molecule has 1 aliphatic heterocycles. The largest absolute Gasteiger partial charge is 0.455 e. The van der Waals surface area contributed by atoms with Crippen LogP contribution in [0, 0.1) is 0 Å². The Labute approximate surface area is 356 Å². The first kappa shape index (κ1) is 35.4. The van der Waals surface area contributed by atoms with Crippen LogP contribution in [0.1, 0.15) is 29.0 Å². The summed E-state index contributed by atoms with van der Waals surface area (Å²) in [4.78, 5) is 7.73. The molecule has 0 fully saturated rings. The van der Waals surface area contributed by atoms with Gasteiger partial charge in [-0.15, -0.1) is 11.3 Å². The van der Waals surface area contributed by atoms with Crippen molar-refractivity contribution in [1.29, 1.82) is 0 Å². The van der Waals surface area contributed by atoms with Gasteiger partial charge >= 0.3 is 0 Å². The quantitative estimate of drug-likeness (QED) is 0.169. The summed E-state index contributed by atoms with van der Waals surface area (Å²) in [5.41, 5.74) is 10.3. The molecule has 2 N–H and O–H groups in total. The molecule has 2 unspecified atom stereocenters. The number of nitrogens with one attached hydrogen (secondary N) is 2. The molecule has 61 heavy (non-hydrogen) atoms. The van der Waals surface area contributed by atoms with Gasteiger partial charge in [0.2, 0.25) is 0 Å². The number of hydrogen-bond acceptors (Lipinski definition) is 6. The Morgan fingerprint density at radius 3 is 1.92 bits per heavy atom. The van der Waals surface area contributed by atoms with E-state index >= 15 is 0 Å². The smallest absolute Gasteiger partial charge is 0.146 e. The number of hydrogen-bond donors (Lipinski definition) is 2. The zero-order valence-corrected chi connectivity index (χ0v) is 33.8. The van der Waals surface area contributed by atoms with Crippen LogP contribution in [-0.2, 0) is 0 Å². The number of rotatable bonds is 7. The highest BCUT2D eigenvalue weighted by Gasteiger charge is 2.28. The van der Waals surface area contributed by atoms with Gasteiger partial charge in [0, 0.05) is 53.4 Å². The predicted molar refractivity (Wildman–Crippen MR) is 255 cm³/mol. The first-order chi connectivity index (χ1) is 30.2. The van der Waals surface area contributed by atoms with Crippen LogP contribution in [-0.4, -0.2) is 5.84 Å². The van der Waals surface area contributed by atoms with Gasteiger partial charge in [0.1, 0.15) is 29.3 Å². The standard InChI is InChI=1S/C55H38N4OS/c1-4-15-37(16-5-1)53-56-54(38-17-6-2-7-18-38)58-55(57-53)48-33-39(32-47-45-30-26-36-14-10-11-21-43(36)51(45)60-52(47)48)35-24-27-41(28-25-35)59(40-19-8-3-9-20-40)42-29-31-50-46(34-42)44-22-12-13-23-49(44)61-50/h1-34,53-54,56H,(H,57,58). The SMILES string of the molecule is c1ccc(C2N=C(c3cc(-c4ccc(N(c5ccccc5)c5ccc6sc7ccccc7c6c5)cc4)cc4c3oc3c5ccccc5ccc43)NC(c3ccccc3)N2)cc1. The maximum Gasteiger partial charge on any atom is 0.146 e. The van der Waals surface area contributed by atoms with Crippen LogP contribution in [0.3, 0.4) is 0 Å². The molecule has 0 radical (unpaired) electrons. The summed E-state index contributed by atoms with van der Waals surface area (Å²) < 4.78 is 9.57. The lowest BCUT2D eigenvalue weighted by molar-refractivity contribution is 0.409. The number of fused-ring (bicyclic) bond motifs is 8. The molecule has 0 aliphatic carbocycles. The van der Waals surface area contributed by atoms with Crippen LogP contribution < -0.4 is 15.5 Å².